The molecule has 4 amide bonds. The number of nitrogens with one attached hydrogen (secondary N) is 1. The van der Waals surface area contributed by atoms with Gasteiger partial charge >= 0.3 is 6.03 Å². The van der Waals surface area contributed by atoms with Gasteiger partial charge in [-0.3, -0.25) is 9.59 Å². The highest BCUT2D eigenvalue weighted by atomic mass is 16.2. The minimum Gasteiger partial charge on any atom is -0.354 e. The maximum Gasteiger partial charge on any atom is 0.319 e. The molecule has 1 spiro atoms. The van der Waals surface area contributed by atoms with Gasteiger partial charge in [0, 0.05) is 39.4 Å². The molecule has 3 rings (SSSR count). The normalized spacial score (nSPS) is 19.0. The van der Waals surface area contributed by atoms with Crippen molar-refractivity contribution < 1.29 is 14.4 Å². The van der Waals surface area contributed by atoms with Crippen molar-refractivity contribution in [3.8, 4) is 0 Å². The molecule has 0 unspecified atom stereocenters. The lowest BCUT2D eigenvalue weighted by molar-refractivity contribution is -0.137. The number of benzene rings is 1. The van der Waals surface area contributed by atoms with E-state index < -0.39 is 5.54 Å². The fraction of sp³-hybridized carbons (Fsp3) is 0.609. The van der Waals surface area contributed by atoms with Crippen LogP contribution < -0.4 is 10.2 Å². The Morgan fingerprint density at radius 1 is 1.16 bits per heavy atom. The van der Waals surface area contributed by atoms with E-state index in [9.17, 15) is 14.4 Å². The molecule has 2 heterocycles. The highest BCUT2D eigenvalue weighted by Crippen LogP contribution is 2.39. The Bertz CT molecular complexity index is 790. The average Bonchev–Trinajstić information content (AvgIpc) is 3.04. The summed E-state index contributed by atoms with van der Waals surface area (Å²) in [6.45, 7) is 6.26. The lowest BCUT2D eigenvalue weighted by Crippen LogP contribution is -2.58. The van der Waals surface area contributed by atoms with Crippen molar-refractivity contribution in [1.29, 1.82) is 0 Å². The Balaban J connectivity index is 1.77. The molecule has 31 heavy (non-hydrogen) atoms. The molecule has 0 aromatic heterocycles. The third kappa shape index (κ3) is 4.78. The van der Waals surface area contributed by atoms with E-state index >= 15 is 0 Å². The second-order valence-electron chi connectivity index (χ2n) is 8.92. The number of rotatable bonds is 6. The highest BCUT2D eigenvalue weighted by Gasteiger charge is 2.54. The Hall–Kier alpha value is -2.77. The number of nitrogens with zero attached hydrogens (tertiary/aromatic N) is 4. The summed E-state index contributed by atoms with van der Waals surface area (Å²) in [5, 5.41) is 2.95. The summed E-state index contributed by atoms with van der Waals surface area (Å²) in [6, 6.07) is 9.83. The summed E-state index contributed by atoms with van der Waals surface area (Å²) in [5.41, 5.74) is 0.243. The van der Waals surface area contributed by atoms with E-state index in [0.29, 0.717) is 45.1 Å². The van der Waals surface area contributed by atoms with Gasteiger partial charge in [0.15, 0.2) is 0 Å². The molecule has 0 aliphatic carbocycles. The fourth-order valence-electron chi connectivity index (χ4n) is 4.33. The molecule has 1 aromatic rings. The van der Waals surface area contributed by atoms with Crippen LogP contribution in [-0.2, 0) is 9.59 Å². The van der Waals surface area contributed by atoms with Crippen LogP contribution in [-0.4, -0.2) is 85.0 Å². The predicted molar refractivity (Wildman–Crippen MR) is 121 cm³/mol. The molecule has 2 saturated heterocycles. The van der Waals surface area contributed by atoms with Gasteiger partial charge in [0.05, 0.1) is 6.67 Å². The summed E-state index contributed by atoms with van der Waals surface area (Å²) in [4.78, 5) is 45.6. The van der Waals surface area contributed by atoms with E-state index in [-0.39, 0.29) is 24.4 Å². The van der Waals surface area contributed by atoms with Crippen LogP contribution in [0, 0.1) is 5.92 Å². The molecular weight excluding hydrogens is 394 g/mol. The first kappa shape index (κ1) is 22.9. The first-order valence-corrected chi connectivity index (χ1v) is 11.1. The van der Waals surface area contributed by atoms with E-state index in [1.54, 1.807) is 28.8 Å². The van der Waals surface area contributed by atoms with Gasteiger partial charge in [-0.25, -0.2) is 4.79 Å². The highest BCUT2D eigenvalue weighted by molar-refractivity contribution is 5.96. The summed E-state index contributed by atoms with van der Waals surface area (Å²) >= 11 is 0. The maximum absolute atomic E-state index is 13.6. The van der Waals surface area contributed by atoms with E-state index in [0.717, 1.165) is 12.1 Å². The molecule has 0 bridgehead atoms. The summed E-state index contributed by atoms with van der Waals surface area (Å²) in [6.07, 6.45) is 2.09. The van der Waals surface area contributed by atoms with Crippen molar-refractivity contribution in [2.45, 2.75) is 38.6 Å². The Morgan fingerprint density at radius 3 is 2.39 bits per heavy atom. The number of anilines is 1. The largest absolute Gasteiger partial charge is 0.354 e. The van der Waals surface area contributed by atoms with Crippen LogP contribution in [0.4, 0.5) is 10.5 Å². The van der Waals surface area contributed by atoms with Crippen molar-refractivity contribution in [3.05, 3.63) is 30.3 Å². The van der Waals surface area contributed by atoms with Gasteiger partial charge in [0.2, 0.25) is 5.91 Å². The maximum atomic E-state index is 13.6. The zero-order valence-electron chi connectivity index (χ0n) is 19.1. The number of hydrogen-bond donors (Lipinski definition) is 1. The van der Waals surface area contributed by atoms with Crippen molar-refractivity contribution in [2.24, 2.45) is 5.92 Å². The quantitative estimate of drug-likeness (QED) is 0.750. The molecule has 170 valence electrons. The summed E-state index contributed by atoms with van der Waals surface area (Å²) in [7, 11) is 3.48. The van der Waals surface area contributed by atoms with Gasteiger partial charge < -0.3 is 24.9 Å². The molecule has 2 aliphatic heterocycles. The topological polar surface area (TPSA) is 76.2 Å². The fourth-order valence-corrected chi connectivity index (χ4v) is 4.33. The Kier molecular flexibility index (Phi) is 7.08. The Morgan fingerprint density at radius 2 is 1.81 bits per heavy atom. The van der Waals surface area contributed by atoms with Gasteiger partial charge in [-0.05, 0) is 30.9 Å². The van der Waals surface area contributed by atoms with Crippen LogP contribution in [0.2, 0.25) is 0 Å². The molecule has 0 saturated carbocycles. The van der Waals surface area contributed by atoms with Gasteiger partial charge in [0.1, 0.15) is 12.1 Å². The van der Waals surface area contributed by atoms with E-state index in [1.165, 1.54) is 0 Å². The second-order valence-corrected chi connectivity index (χ2v) is 8.92. The van der Waals surface area contributed by atoms with Crippen LogP contribution in [0.5, 0.6) is 0 Å². The number of para-hydroxylation sites is 1. The SMILES string of the molecule is CC[C@H](C)CNC(=O)CN1CN(c2ccccc2)C2(CCN(C(=O)N(C)C)CC2)C1=O. The molecular formula is C23H35N5O3. The van der Waals surface area contributed by atoms with Crippen molar-refractivity contribution in [2.75, 3.05) is 51.8 Å². The number of likely N-dealkylation sites (tertiary alicyclic amines) is 1. The lowest BCUT2D eigenvalue weighted by atomic mass is 9.85. The molecule has 2 aliphatic rings. The molecule has 2 fully saturated rings. The van der Waals surface area contributed by atoms with Crippen LogP contribution in [0.25, 0.3) is 0 Å². The zero-order valence-corrected chi connectivity index (χ0v) is 19.1. The van der Waals surface area contributed by atoms with Crippen molar-refractivity contribution in [3.63, 3.8) is 0 Å². The number of amides is 4. The first-order valence-electron chi connectivity index (χ1n) is 11.1. The lowest BCUT2D eigenvalue weighted by Gasteiger charge is -2.43. The van der Waals surface area contributed by atoms with E-state index in [1.807, 2.05) is 30.3 Å². The third-order valence-corrected chi connectivity index (χ3v) is 6.50. The van der Waals surface area contributed by atoms with E-state index in [4.69, 9.17) is 0 Å². The number of hydrogen-bond acceptors (Lipinski definition) is 4. The first-order chi connectivity index (χ1) is 14.8. The second kappa shape index (κ2) is 9.58. The van der Waals surface area contributed by atoms with Gasteiger partial charge in [0.25, 0.3) is 5.91 Å². The summed E-state index contributed by atoms with van der Waals surface area (Å²) in [5.74, 6) is 0.259. The summed E-state index contributed by atoms with van der Waals surface area (Å²) < 4.78 is 0. The molecule has 1 atom stereocenters. The molecule has 1 N–H and O–H groups in total. The average molecular weight is 430 g/mol. The smallest absolute Gasteiger partial charge is 0.319 e. The monoisotopic (exact) mass is 429 g/mol. The van der Waals surface area contributed by atoms with Gasteiger partial charge in [-0.2, -0.15) is 0 Å². The molecule has 8 heteroatoms. The number of urea groups is 1. The van der Waals surface area contributed by atoms with Crippen LogP contribution in [0.1, 0.15) is 33.1 Å². The number of carbonyl (C=O) groups is 3. The number of carbonyl (C=O) groups excluding carboxylic acids is 3. The minimum absolute atomic E-state index is 0.0213. The van der Waals surface area contributed by atoms with Crippen molar-refractivity contribution >= 4 is 23.5 Å². The molecule has 0 radical (unpaired) electrons. The third-order valence-electron chi connectivity index (χ3n) is 6.50. The van der Waals surface area contributed by atoms with Crippen molar-refractivity contribution in [1.82, 2.24) is 20.0 Å². The Labute approximate surface area is 185 Å². The van der Waals surface area contributed by atoms with Crippen LogP contribution >= 0.6 is 0 Å². The minimum atomic E-state index is -0.721. The predicted octanol–water partition coefficient (Wildman–Crippen LogP) is 1.97. The number of piperidine rings is 1. The van der Waals surface area contributed by atoms with Gasteiger partial charge in [-0.1, -0.05) is 38.5 Å². The van der Waals surface area contributed by atoms with Crippen LogP contribution in [0.3, 0.4) is 0 Å². The zero-order chi connectivity index (χ0) is 22.6. The molecule has 8 nitrogen and oxygen atoms in total. The van der Waals surface area contributed by atoms with Gasteiger partial charge in [-0.15, -0.1) is 0 Å². The van der Waals surface area contributed by atoms with Crippen LogP contribution in [0.15, 0.2) is 30.3 Å². The molecule has 1 aromatic carbocycles. The van der Waals surface area contributed by atoms with E-state index in [2.05, 4.69) is 24.1 Å². The standard InChI is InChI=1S/C23H35N5O3/c1-5-18(2)15-24-20(29)16-27-17-28(19-9-7-6-8-10-19)23(21(27)30)11-13-26(14-12-23)22(31)25(3)4/h6-10,18H,5,11-17H2,1-4H3,(H,24,29)/t18-/m0/s1.